The Morgan fingerprint density at radius 3 is 2.83 bits per heavy atom. The van der Waals surface area contributed by atoms with Gasteiger partial charge >= 0.3 is 5.76 Å². The van der Waals surface area contributed by atoms with Gasteiger partial charge in [-0.2, -0.15) is 0 Å². The maximum Gasteiger partial charge on any atom is 0.424 e. The smallest absolute Gasteiger partial charge is 0.424 e. The summed E-state index contributed by atoms with van der Waals surface area (Å²) in [7, 11) is 3.64. The molecule has 1 heterocycles. The molecular formula is C17H18ClN2O3+. The van der Waals surface area contributed by atoms with E-state index in [4.69, 9.17) is 20.8 Å². The number of halogens is 1. The van der Waals surface area contributed by atoms with E-state index in [1.54, 1.807) is 23.8 Å². The van der Waals surface area contributed by atoms with Crippen LogP contribution in [0.1, 0.15) is 5.56 Å². The van der Waals surface area contributed by atoms with Crippen LogP contribution >= 0.6 is 11.6 Å². The lowest BCUT2D eigenvalue weighted by Crippen LogP contribution is -3.07. The maximum absolute atomic E-state index is 12.0. The third-order valence-electron chi connectivity index (χ3n) is 3.74. The Morgan fingerprint density at radius 1 is 1.26 bits per heavy atom. The van der Waals surface area contributed by atoms with Crippen molar-refractivity contribution in [3.8, 4) is 5.75 Å². The number of quaternary nitrogens is 1. The molecule has 0 aliphatic rings. The molecule has 0 aliphatic heterocycles. The van der Waals surface area contributed by atoms with Gasteiger partial charge in [-0.15, -0.1) is 0 Å². The van der Waals surface area contributed by atoms with Crippen LogP contribution < -0.4 is 15.4 Å². The summed E-state index contributed by atoms with van der Waals surface area (Å²) in [5, 5.41) is 0.666. The monoisotopic (exact) mass is 333 g/mol. The lowest BCUT2D eigenvalue weighted by Gasteiger charge is -2.16. The number of hydrogen-bond donors (Lipinski definition) is 1. The highest BCUT2D eigenvalue weighted by atomic mass is 35.5. The van der Waals surface area contributed by atoms with Crippen molar-refractivity contribution in [2.24, 2.45) is 0 Å². The fourth-order valence-electron chi connectivity index (χ4n) is 2.70. The minimum Gasteiger partial charge on any atom is -0.496 e. The van der Waals surface area contributed by atoms with Crippen LogP contribution in [0.4, 0.5) is 0 Å². The minimum atomic E-state index is -0.344. The number of methoxy groups -OCH3 is 1. The van der Waals surface area contributed by atoms with E-state index in [2.05, 4.69) is 0 Å². The number of fused-ring (bicyclic) bond motifs is 1. The zero-order valence-electron chi connectivity index (χ0n) is 13.0. The van der Waals surface area contributed by atoms with E-state index in [1.165, 1.54) is 0 Å². The molecule has 3 aromatic rings. The molecule has 2 aromatic carbocycles. The fourth-order valence-corrected chi connectivity index (χ4v) is 2.89. The number of nitrogens with zero attached hydrogens (tertiary/aromatic N) is 1. The van der Waals surface area contributed by atoms with Crippen molar-refractivity contribution in [3.63, 3.8) is 0 Å². The molecule has 1 atom stereocenters. The predicted octanol–water partition coefficient (Wildman–Crippen LogP) is 1.93. The van der Waals surface area contributed by atoms with Gasteiger partial charge in [0.25, 0.3) is 0 Å². The average molecular weight is 334 g/mol. The van der Waals surface area contributed by atoms with Crippen molar-refractivity contribution >= 4 is 22.7 Å². The van der Waals surface area contributed by atoms with Gasteiger partial charge in [0.05, 0.1) is 19.7 Å². The molecule has 0 amide bonds. The summed E-state index contributed by atoms with van der Waals surface area (Å²) in [5.41, 5.74) is 2.40. The standard InChI is InChI=1S/C17H17ClN2O3/c1-19(10-12-9-13(18)7-8-15(12)22-2)11-20-14-5-3-4-6-16(14)23-17(20)21/h3-9H,10-11H2,1-2H3/p+1. The summed E-state index contributed by atoms with van der Waals surface area (Å²) in [6.07, 6.45) is 0. The Kier molecular flexibility index (Phi) is 4.41. The van der Waals surface area contributed by atoms with E-state index in [0.717, 1.165) is 21.7 Å². The topological polar surface area (TPSA) is 48.8 Å². The van der Waals surface area contributed by atoms with E-state index in [-0.39, 0.29) is 5.76 Å². The number of ether oxygens (including phenoxy) is 1. The molecule has 5 nitrogen and oxygen atoms in total. The number of hydrogen-bond acceptors (Lipinski definition) is 3. The fraction of sp³-hybridized carbons (Fsp3) is 0.235. The SMILES string of the molecule is COc1ccc(Cl)cc1C[NH+](C)Cn1c(=O)oc2ccccc21. The Labute approximate surface area is 138 Å². The number of para-hydroxylation sites is 2. The van der Waals surface area contributed by atoms with Gasteiger partial charge in [0.1, 0.15) is 12.3 Å². The minimum absolute atomic E-state index is 0.344. The van der Waals surface area contributed by atoms with Gasteiger partial charge in [0.2, 0.25) is 0 Å². The number of rotatable bonds is 5. The van der Waals surface area contributed by atoms with Crippen LogP contribution in [0.2, 0.25) is 5.02 Å². The van der Waals surface area contributed by atoms with Crippen LogP contribution in [0.25, 0.3) is 11.1 Å². The number of aromatic nitrogens is 1. The first-order chi connectivity index (χ1) is 11.1. The van der Waals surface area contributed by atoms with Crippen LogP contribution in [0.5, 0.6) is 5.75 Å². The summed E-state index contributed by atoms with van der Waals surface area (Å²) >= 11 is 6.07. The van der Waals surface area contributed by atoms with Crippen LogP contribution in [0, 0.1) is 0 Å². The lowest BCUT2D eigenvalue weighted by molar-refractivity contribution is -0.916. The summed E-state index contributed by atoms with van der Waals surface area (Å²) in [5.74, 6) is 0.446. The average Bonchev–Trinajstić information content (AvgIpc) is 2.83. The van der Waals surface area contributed by atoms with Crippen LogP contribution in [-0.4, -0.2) is 18.7 Å². The van der Waals surface area contributed by atoms with Crippen molar-refractivity contribution in [3.05, 3.63) is 63.6 Å². The Balaban J connectivity index is 1.84. The van der Waals surface area contributed by atoms with Gasteiger partial charge < -0.3 is 14.1 Å². The van der Waals surface area contributed by atoms with E-state index in [0.29, 0.717) is 23.8 Å². The largest absolute Gasteiger partial charge is 0.496 e. The van der Waals surface area contributed by atoms with Crippen molar-refractivity contribution < 1.29 is 14.1 Å². The van der Waals surface area contributed by atoms with Gasteiger partial charge in [0, 0.05) is 10.6 Å². The maximum atomic E-state index is 12.0. The molecule has 120 valence electrons. The molecule has 0 saturated carbocycles. The molecule has 0 aliphatic carbocycles. The molecule has 3 rings (SSSR count). The van der Waals surface area contributed by atoms with Crippen molar-refractivity contribution in [1.82, 2.24) is 4.57 Å². The van der Waals surface area contributed by atoms with E-state index in [1.807, 2.05) is 37.4 Å². The first-order valence-electron chi connectivity index (χ1n) is 7.30. The van der Waals surface area contributed by atoms with Gasteiger partial charge in [-0.25, -0.2) is 9.36 Å². The zero-order chi connectivity index (χ0) is 16.4. The highest BCUT2D eigenvalue weighted by Gasteiger charge is 2.15. The second-order valence-corrected chi connectivity index (χ2v) is 5.95. The second-order valence-electron chi connectivity index (χ2n) is 5.51. The summed E-state index contributed by atoms with van der Waals surface area (Å²) in [6.45, 7) is 1.17. The molecule has 0 spiro atoms. The van der Waals surface area contributed by atoms with Gasteiger partial charge in [-0.05, 0) is 30.3 Å². The highest BCUT2D eigenvalue weighted by Crippen LogP contribution is 2.21. The molecule has 0 radical (unpaired) electrons. The first kappa shape index (κ1) is 15.6. The van der Waals surface area contributed by atoms with Gasteiger partial charge in [0.15, 0.2) is 12.3 Å². The first-order valence-corrected chi connectivity index (χ1v) is 7.68. The lowest BCUT2D eigenvalue weighted by atomic mass is 10.2. The van der Waals surface area contributed by atoms with Gasteiger partial charge in [-0.1, -0.05) is 23.7 Å². The molecule has 23 heavy (non-hydrogen) atoms. The van der Waals surface area contributed by atoms with E-state index >= 15 is 0 Å². The van der Waals surface area contributed by atoms with E-state index < -0.39 is 0 Å². The molecule has 0 bridgehead atoms. The molecule has 1 N–H and O–H groups in total. The highest BCUT2D eigenvalue weighted by molar-refractivity contribution is 6.30. The van der Waals surface area contributed by atoms with Crippen LogP contribution in [0.15, 0.2) is 51.7 Å². The Hall–Kier alpha value is -2.24. The normalized spacial score (nSPS) is 12.5. The van der Waals surface area contributed by atoms with Gasteiger partial charge in [-0.3, -0.25) is 0 Å². The molecule has 1 aromatic heterocycles. The van der Waals surface area contributed by atoms with Crippen LogP contribution in [-0.2, 0) is 13.2 Å². The van der Waals surface area contributed by atoms with E-state index in [9.17, 15) is 4.79 Å². The molecule has 0 saturated heterocycles. The third kappa shape index (κ3) is 3.25. The van der Waals surface area contributed by atoms with Crippen molar-refractivity contribution in [2.75, 3.05) is 14.2 Å². The quantitative estimate of drug-likeness (QED) is 0.776. The second kappa shape index (κ2) is 6.48. The zero-order valence-corrected chi connectivity index (χ0v) is 13.8. The molecule has 0 fully saturated rings. The summed E-state index contributed by atoms with van der Waals surface area (Å²) in [4.78, 5) is 13.2. The van der Waals surface area contributed by atoms with Crippen molar-refractivity contribution in [2.45, 2.75) is 13.2 Å². The number of nitrogens with one attached hydrogen (secondary N) is 1. The number of oxazole rings is 1. The van der Waals surface area contributed by atoms with Crippen LogP contribution in [0.3, 0.4) is 0 Å². The molecule has 6 heteroatoms. The third-order valence-corrected chi connectivity index (χ3v) is 3.97. The number of benzene rings is 2. The molecule has 1 unspecified atom stereocenters. The predicted molar refractivity (Wildman–Crippen MR) is 89.1 cm³/mol. The summed E-state index contributed by atoms with van der Waals surface area (Å²) in [6, 6.07) is 13.0. The Morgan fingerprint density at radius 2 is 2.04 bits per heavy atom. The van der Waals surface area contributed by atoms with Crippen molar-refractivity contribution in [1.29, 1.82) is 0 Å². The molecular weight excluding hydrogens is 316 g/mol. The Bertz CT molecular complexity index is 885. The summed E-state index contributed by atoms with van der Waals surface area (Å²) < 4.78 is 12.3.